The van der Waals surface area contributed by atoms with Gasteiger partial charge in [0.05, 0.1) is 23.4 Å². The highest BCUT2D eigenvalue weighted by molar-refractivity contribution is 7.22. The maximum atomic E-state index is 11.9. The topological polar surface area (TPSA) is 54.5 Å². The highest BCUT2D eigenvalue weighted by Gasteiger charge is 2.11. The number of morpholine rings is 1. The Morgan fingerprint density at radius 3 is 2.95 bits per heavy atom. The number of anilines is 1. The van der Waals surface area contributed by atoms with E-state index in [0.29, 0.717) is 11.6 Å². The number of amides is 1. The molecular weight excluding hydrogens is 286 g/mol. The van der Waals surface area contributed by atoms with Crippen molar-refractivity contribution < 1.29 is 9.53 Å². The molecule has 1 aromatic carbocycles. The lowest BCUT2D eigenvalue weighted by Gasteiger charge is -2.26. The van der Waals surface area contributed by atoms with E-state index in [0.717, 1.165) is 49.5 Å². The SMILES string of the molecule is O=C(CCCN1CCOCC1)Nc1nc2ccccc2s1. The maximum absolute atomic E-state index is 11.9. The highest BCUT2D eigenvalue weighted by atomic mass is 32.1. The summed E-state index contributed by atoms with van der Waals surface area (Å²) in [5, 5.41) is 3.58. The van der Waals surface area contributed by atoms with Crippen LogP contribution in [0, 0.1) is 0 Å². The van der Waals surface area contributed by atoms with Crippen molar-refractivity contribution in [2.45, 2.75) is 12.8 Å². The number of para-hydroxylation sites is 1. The van der Waals surface area contributed by atoms with E-state index in [1.807, 2.05) is 24.3 Å². The molecule has 0 spiro atoms. The Kier molecular flexibility index (Phi) is 4.80. The van der Waals surface area contributed by atoms with Crippen molar-refractivity contribution in [3.8, 4) is 0 Å². The first-order valence-corrected chi connectivity index (χ1v) is 8.08. The number of carbonyl (C=O) groups excluding carboxylic acids is 1. The number of ether oxygens (including phenoxy) is 1. The molecule has 2 aromatic rings. The molecule has 1 saturated heterocycles. The Labute approximate surface area is 127 Å². The number of aromatic nitrogens is 1. The van der Waals surface area contributed by atoms with Gasteiger partial charge in [-0.15, -0.1) is 0 Å². The Hall–Kier alpha value is -1.50. The molecule has 5 nitrogen and oxygen atoms in total. The fourth-order valence-corrected chi connectivity index (χ4v) is 3.28. The molecule has 112 valence electrons. The molecule has 1 aliphatic rings. The number of hydrogen-bond donors (Lipinski definition) is 1. The summed E-state index contributed by atoms with van der Waals surface area (Å²) in [4.78, 5) is 18.7. The first-order valence-electron chi connectivity index (χ1n) is 7.27. The molecule has 0 radical (unpaired) electrons. The van der Waals surface area contributed by atoms with E-state index in [2.05, 4.69) is 15.2 Å². The van der Waals surface area contributed by atoms with Crippen LogP contribution in [0.1, 0.15) is 12.8 Å². The van der Waals surface area contributed by atoms with Crippen LogP contribution >= 0.6 is 11.3 Å². The fourth-order valence-electron chi connectivity index (χ4n) is 2.40. The van der Waals surface area contributed by atoms with Gasteiger partial charge in [-0.05, 0) is 25.1 Å². The number of thiazole rings is 1. The molecule has 1 aliphatic heterocycles. The zero-order valence-electron chi connectivity index (χ0n) is 11.9. The molecule has 1 aromatic heterocycles. The largest absolute Gasteiger partial charge is 0.379 e. The summed E-state index contributed by atoms with van der Waals surface area (Å²) in [6.45, 7) is 4.51. The lowest BCUT2D eigenvalue weighted by atomic mass is 10.2. The Morgan fingerprint density at radius 2 is 2.14 bits per heavy atom. The van der Waals surface area contributed by atoms with Crippen LogP contribution in [-0.4, -0.2) is 48.6 Å². The van der Waals surface area contributed by atoms with Gasteiger partial charge in [0, 0.05) is 19.5 Å². The third-order valence-electron chi connectivity index (χ3n) is 3.52. The lowest BCUT2D eigenvalue weighted by molar-refractivity contribution is -0.116. The van der Waals surface area contributed by atoms with Crippen molar-refractivity contribution in [3.05, 3.63) is 24.3 Å². The van der Waals surface area contributed by atoms with Crippen LogP contribution in [0.4, 0.5) is 5.13 Å². The Morgan fingerprint density at radius 1 is 1.33 bits per heavy atom. The van der Waals surface area contributed by atoms with Gasteiger partial charge in [0.2, 0.25) is 5.91 Å². The number of rotatable bonds is 5. The molecule has 0 unspecified atom stereocenters. The van der Waals surface area contributed by atoms with Crippen LogP contribution in [-0.2, 0) is 9.53 Å². The predicted molar refractivity (Wildman–Crippen MR) is 84.7 cm³/mol. The van der Waals surface area contributed by atoms with Crippen molar-refractivity contribution in [1.29, 1.82) is 0 Å². The Bertz CT molecular complexity index is 575. The molecule has 2 heterocycles. The number of fused-ring (bicyclic) bond motifs is 1. The number of carbonyl (C=O) groups is 1. The van der Waals surface area contributed by atoms with Gasteiger partial charge >= 0.3 is 0 Å². The van der Waals surface area contributed by atoms with Gasteiger partial charge in [0.1, 0.15) is 0 Å². The molecule has 6 heteroatoms. The first-order chi connectivity index (χ1) is 10.3. The number of hydrogen-bond acceptors (Lipinski definition) is 5. The number of nitrogens with zero attached hydrogens (tertiary/aromatic N) is 2. The molecular formula is C15H19N3O2S. The number of nitrogens with one attached hydrogen (secondary N) is 1. The molecule has 1 N–H and O–H groups in total. The van der Waals surface area contributed by atoms with Gasteiger partial charge in [0.15, 0.2) is 5.13 Å². The zero-order valence-corrected chi connectivity index (χ0v) is 12.7. The molecule has 0 bridgehead atoms. The minimum Gasteiger partial charge on any atom is -0.379 e. The summed E-state index contributed by atoms with van der Waals surface area (Å²) in [5.41, 5.74) is 0.936. The van der Waals surface area contributed by atoms with Crippen LogP contribution in [0.5, 0.6) is 0 Å². The van der Waals surface area contributed by atoms with E-state index < -0.39 is 0 Å². The van der Waals surface area contributed by atoms with Crippen LogP contribution in [0.25, 0.3) is 10.2 Å². The van der Waals surface area contributed by atoms with Crippen molar-refractivity contribution in [2.24, 2.45) is 0 Å². The van der Waals surface area contributed by atoms with E-state index in [-0.39, 0.29) is 5.91 Å². The molecule has 0 atom stereocenters. The van der Waals surface area contributed by atoms with Gasteiger partial charge in [0.25, 0.3) is 0 Å². The van der Waals surface area contributed by atoms with Crippen molar-refractivity contribution in [1.82, 2.24) is 9.88 Å². The maximum Gasteiger partial charge on any atom is 0.226 e. The molecule has 1 amide bonds. The van der Waals surface area contributed by atoms with Gasteiger partial charge in [-0.1, -0.05) is 23.5 Å². The minimum atomic E-state index is 0.0438. The fraction of sp³-hybridized carbons (Fsp3) is 0.467. The smallest absolute Gasteiger partial charge is 0.226 e. The quantitative estimate of drug-likeness (QED) is 0.921. The second-order valence-electron chi connectivity index (χ2n) is 5.09. The lowest BCUT2D eigenvalue weighted by Crippen LogP contribution is -2.37. The second kappa shape index (κ2) is 6.98. The van der Waals surface area contributed by atoms with Gasteiger partial charge < -0.3 is 10.1 Å². The molecule has 3 rings (SSSR count). The average molecular weight is 305 g/mol. The molecule has 21 heavy (non-hydrogen) atoms. The zero-order chi connectivity index (χ0) is 14.5. The summed E-state index contributed by atoms with van der Waals surface area (Å²) in [7, 11) is 0. The summed E-state index contributed by atoms with van der Waals surface area (Å²) in [5.74, 6) is 0.0438. The van der Waals surface area contributed by atoms with Gasteiger partial charge in [-0.25, -0.2) is 4.98 Å². The van der Waals surface area contributed by atoms with Gasteiger partial charge in [-0.3, -0.25) is 9.69 Å². The van der Waals surface area contributed by atoms with E-state index >= 15 is 0 Å². The van der Waals surface area contributed by atoms with E-state index in [4.69, 9.17) is 4.74 Å². The van der Waals surface area contributed by atoms with E-state index in [1.165, 1.54) is 11.3 Å². The average Bonchev–Trinajstić information content (AvgIpc) is 2.90. The van der Waals surface area contributed by atoms with Crippen LogP contribution < -0.4 is 5.32 Å². The second-order valence-corrected chi connectivity index (χ2v) is 6.12. The van der Waals surface area contributed by atoms with Crippen LogP contribution in [0.3, 0.4) is 0 Å². The third-order valence-corrected chi connectivity index (χ3v) is 4.47. The monoisotopic (exact) mass is 305 g/mol. The minimum absolute atomic E-state index is 0.0438. The van der Waals surface area contributed by atoms with Crippen LogP contribution in [0.15, 0.2) is 24.3 Å². The summed E-state index contributed by atoms with van der Waals surface area (Å²) in [6.07, 6.45) is 1.41. The summed E-state index contributed by atoms with van der Waals surface area (Å²) >= 11 is 1.52. The van der Waals surface area contributed by atoms with Crippen molar-refractivity contribution in [2.75, 3.05) is 38.2 Å². The predicted octanol–water partition coefficient (Wildman–Crippen LogP) is 2.35. The standard InChI is InChI=1S/C15H19N3O2S/c19-14(6-3-7-18-8-10-20-11-9-18)17-15-16-12-4-1-2-5-13(12)21-15/h1-2,4-5H,3,6-11H2,(H,16,17,19). The third kappa shape index (κ3) is 4.00. The van der Waals surface area contributed by atoms with Crippen molar-refractivity contribution >= 4 is 32.6 Å². The van der Waals surface area contributed by atoms with Crippen molar-refractivity contribution in [3.63, 3.8) is 0 Å². The molecule has 0 saturated carbocycles. The normalized spacial score (nSPS) is 16.2. The van der Waals surface area contributed by atoms with E-state index in [9.17, 15) is 4.79 Å². The summed E-state index contributed by atoms with van der Waals surface area (Å²) in [6, 6.07) is 7.91. The highest BCUT2D eigenvalue weighted by Crippen LogP contribution is 2.25. The summed E-state index contributed by atoms with van der Waals surface area (Å²) < 4.78 is 6.41. The molecule has 1 fully saturated rings. The van der Waals surface area contributed by atoms with E-state index in [1.54, 1.807) is 0 Å². The number of benzene rings is 1. The van der Waals surface area contributed by atoms with Crippen LogP contribution in [0.2, 0.25) is 0 Å². The Balaban J connectivity index is 1.45. The first kappa shape index (κ1) is 14.4. The molecule has 0 aliphatic carbocycles. The van der Waals surface area contributed by atoms with Gasteiger partial charge in [-0.2, -0.15) is 0 Å².